The SMILES string of the molecule is CN1CCC/C1=N/C(N)=NC#N. The highest BCUT2D eigenvalue weighted by molar-refractivity contribution is 5.96. The molecule has 0 aromatic rings. The number of hydrogen-bond acceptors (Lipinski definition) is 2. The maximum Gasteiger partial charge on any atom is 0.232 e. The number of aliphatic imine (C=N–C) groups is 2. The van der Waals surface area contributed by atoms with E-state index in [0.717, 1.165) is 25.2 Å². The fraction of sp³-hybridized carbons (Fsp3) is 0.571. The molecule has 0 amide bonds. The molecule has 0 unspecified atom stereocenters. The molecule has 0 saturated carbocycles. The van der Waals surface area contributed by atoms with Crippen molar-refractivity contribution in [3.63, 3.8) is 0 Å². The predicted octanol–water partition coefficient (Wildman–Crippen LogP) is -0.0937. The number of guanidine groups is 1. The van der Waals surface area contributed by atoms with Gasteiger partial charge in [0.15, 0.2) is 0 Å². The number of hydrogen-bond donors (Lipinski definition) is 1. The van der Waals surface area contributed by atoms with E-state index in [4.69, 9.17) is 11.0 Å². The van der Waals surface area contributed by atoms with Crippen molar-refractivity contribution in [2.75, 3.05) is 13.6 Å². The number of nitriles is 1. The van der Waals surface area contributed by atoms with Crippen molar-refractivity contribution in [1.29, 1.82) is 5.26 Å². The third kappa shape index (κ3) is 1.95. The highest BCUT2D eigenvalue weighted by Gasteiger charge is 2.13. The molecule has 12 heavy (non-hydrogen) atoms. The summed E-state index contributed by atoms with van der Waals surface area (Å²) in [6.07, 6.45) is 3.60. The highest BCUT2D eigenvalue weighted by atomic mass is 15.2. The first-order valence-corrected chi connectivity index (χ1v) is 3.75. The van der Waals surface area contributed by atoms with Crippen molar-refractivity contribution < 1.29 is 0 Å². The molecule has 0 radical (unpaired) electrons. The van der Waals surface area contributed by atoms with E-state index in [1.807, 2.05) is 11.9 Å². The van der Waals surface area contributed by atoms with Crippen LogP contribution in [0.25, 0.3) is 0 Å². The molecule has 1 heterocycles. The van der Waals surface area contributed by atoms with E-state index in [9.17, 15) is 0 Å². The average molecular weight is 165 g/mol. The van der Waals surface area contributed by atoms with Gasteiger partial charge in [-0.05, 0) is 6.42 Å². The van der Waals surface area contributed by atoms with Crippen LogP contribution in [0.15, 0.2) is 9.98 Å². The Labute approximate surface area is 71.2 Å². The minimum absolute atomic E-state index is 0.0428. The Morgan fingerprint density at radius 3 is 3.00 bits per heavy atom. The second-order valence-corrected chi connectivity index (χ2v) is 2.62. The molecule has 1 aliphatic rings. The summed E-state index contributed by atoms with van der Waals surface area (Å²) in [4.78, 5) is 9.32. The van der Waals surface area contributed by atoms with E-state index < -0.39 is 0 Å². The fourth-order valence-corrected chi connectivity index (χ4v) is 1.14. The molecule has 1 fully saturated rings. The van der Waals surface area contributed by atoms with Crippen molar-refractivity contribution in [3.05, 3.63) is 0 Å². The van der Waals surface area contributed by atoms with Gasteiger partial charge in [0.25, 0.3) is 0 Å². The van der Waals surface area contributed by atoms with Crippen LogP contribution in [0.2, 0.25) is 0 Å². The summed E-state index contributed by atoms with van der Waals surface area (Å²) in [5, 5.41) is 8.18. The van der Waals surface area contributed by atoms with Crippen molar-refractivity contribution in [3.8, 4) is 6.19 Å². The van der Waals surface area contributed by atoms with Crippen LogP contribution < -0.4 is 5.73 Å². The number of likely N-dealkylation sites (tertiary alicyclic amines) is 1. The fourth-order valence-electron chi connectivity index (χ4n) is 1.14. The Kier molecular flexibility index (Phi) is 2.64. The van der Waals surface area contributed by atoms with Crippen LogP contribution in [0.1, 0.15) is 12.8 Å². The highest BCUT2D eigenvalue weighted by Crippen LogP contribution is 2.08. The van der Waals surface area contributed by atoms with Gasteiger partial charge in [0.05, 0.1) is 0 Å². The molecule has 5 heteroatoms. The van der Waals surface area contributed by atoms with Crippen LogP contribution in [-0.4, -0.2) is 30.3 Å². The molecule has 0 aliphatic carbocycles. The molecular formula is C7H11N5. The summed E-state index contributed by atoms with van der Waals surface area (Å²) in [5.74, 6) is 0.952. The standard InChI is InChI=1S/C7H11N5/c1-12-4-2-3-6(12)11-7(9)10-5-8/h2-4H2,1H3,(H2,9,10)/b11-6-. The second-order valence-electron chi connectivity index (χ2n) is 2.62. The lowest BCUT2D eigenvalue weighted by Gasteiger charge is -2.09. The molecule has 0 aromatic carbocycles. The number of nitrogens with two attached hydrogens (primary N) is 1. The van der Waals surface area contributed by atoms with E-state index in [1.165, 1.54) is 0 Å². The summed E-state index contributed by atoms with van der Waals surface area (Å²) >= 11 is 0. The Bertz CT molecular complexity index is 259. The minimum Gasteiger partial charge on any atom is -0.367 e. The van der Waals surface area contributed by atoms with E-state index in [1.54, 1.807) is 6.19 Å². The molecule has 0 spiro atoms. The van der Waals surface area contributed by atoms with Crippen LogP contribution in [0.3, 0.4) is 0 Å². The van der Waals surface area contributed by atoms with Gasteiger partial charge in [-0.2, -0.15) is 10.3 Å². The molecule has 0 aromatic heterocycles. The zero-order valence-corrected chi connectivity index (χ0v) is 6.99. The second kappa shape index (κ2) is 3.72. The van der Waals surface area contributed by atoms with Crippen LogP contribution in [0.4, 0.5) is 0 Å². The summed E-state index contributed by atoms with van der Waals surface area (Å²) in [6, 6.07) is 0. The maximum atomic E-state index is 8.18. The summed E-state index contributed by atoms with van der Waals surface area (Å²) in [5.41, 5.74) is 5.34. The van der Waals surface area contributed by atoms with Crippen molar-refractivity contribution in [2.24, 2.45) is 15.7 Å². The topological polar surface area (TPSA) is 77.8 Å². The van der Waals surface area contributed by atoms with Crippen LogP contribution >= 0.6 is 0 Å². The van der Waals surface area contributed by atoms with Crippen molar-refractivity contribution in [1.82, 2.24) is 4.90 Å². The van der Waals surface area contributed by atoms with E-state index in [-0.39, 0.29) is 5.96 Å². The lowest BCUT2D eigenvalue weighted by atomic mass is 10.4. The molecular weight excluding hydrogens is 154 g/mol. The molecule has 2 N–H and O–H groups in total. The van der Waals surface area contributed by atoms with Crippen molar-refractivity contribution in [2.45, 2.75) is 12.8 Å². The number of rotatable bonds is 0. The minimum atomic E-state index is 0.0428. The van der Waals surface area contributed by atoms with Crippen LogP contribution in [-0.2, 0) is 0 Å². The quantitative estimate of drug-likeness (QED) is 0.309. The van der Waals surface area contributed by atoms with Gasteiger partial charge in [-0.3, -0.25) is 0 Å². The average Bonchev–Trinajstić information content (AvgIpc) is 2.37. The summed E-state index contributed by atoms with van der Waals surface area (Å²) < 4.78 is 0. The Hall–Kier alpha value is -1.57. The Morgan fingerprint density at radius 2 is 2.50 bits per heavy atom. The van der Waals surface area contributed by atoms with Gasteiger partial charge in [-0.15, -0.1) is 4.99 Å². The Morgan fingerprint density at radius 1 is 1.75 bits per heavy atom. The molecule has 5 nitrogen and oxygen atoms in total. The summed E-state index contributed by atoms with van der Waals surface area (Å²) in [7, 11) is 1.95. The molecule has 1 saturated heterocycles. The molecule has 1 aliphatic heterocycles. The van der Waals surface area contributed by atoms with E-state index in [2.05, 4.69) is 9.98 Å². The first-order chi connectivity index (χ1) is 5.74. The van der Waals surface area contributed by atoms with Gasteiger partial charge in [0, 0.05) is 20.0 Å². The van der Waals surface area contributed by atoms with Gasteiger partial charge >= 0.3 is 0 Å². The lowest BCUT2D eigenvalue weighted by Crippen LogP contribution is -2.22. The van der Waals surface area contributed by atoms with Gasteiger partial charge in [0.1, 0.15) is 5.84 Å². The molecule has 0 bridgehead atoms. The molecule has 0 atom stereocenters. The first kappa shape index (κ1) is 8.53. The maximum absolute atomic E-state index is 8.18. The smallest absolute Gasteiger partial charge is 0.232 e. The third-order valence-electron chi connectivity index (χ3n) is 1.74. The Balaban J connectivity index is 2.69. The number of amidine groups is 1. The van der Waals surface area contributed by atoms with E-state index in [0.29, 0.717) is 0 Å². The van der Waals surface area contributed by atoms with Crippen molar-refractivity contribution >= 4 is 11.8 Å². The normalized spacial score (nSPS) is 21.5. The summed E-state index contributed by atoms with van der Waals surface area (Å²) in [6.45, 7) is 0.999. The van der Waals surface area contributed by atoms with Gasteiger partial charge in [0.2, 0.25) is 12.2 Å². The van der Waals surface area contributed by atoms with Crippen LogP contribution in [0, 0.1) is 11.5 Å². The van der Waals surface area contributed by atoms with Gasteiger partial charge < -0.3 is 10.6 Å². The third-order valence-corrected chi connectivity index (χ3v) is 1.74. The first-order valence-electron chi connectivity index (χ1n) is 3.75. The van der Waals surface area contributed by atoms with Gasteiger partial charge in [-0.25, -0.2) is 0 Å². The van der Waals surface area contributed by atoms with Crippen LogP contribution in [0.5, 0.6) is 0 Å². The zero-order chi connectivity index (χ0) is 8.97. The van der Waals surface area contributed by atoms with E-state index >= 15 is 0 Å². The largest absolute Gasteiger partial charge is 0.367 e. The van der Waals surface area contributed by atoms with Gasteiger partial charge in [-0.1, -0.05) is 0 Å². The monoisotopic (exact) mass is 165 g/mol. The predicted molar refractivity (Wildman–Crippen MR) is 46.5 cm³/mol. The molecule has 64 valence electrons. The molecule has 1 rings (SSSR count). The lowest BCUT2D eigenvalue weighted by molar-refractivity contribution is 0.550. The number of nitrogens with zero attached hydrogens (tertiary/aromatic N) is 4. The zero-order valence-electron chi connectivity index (χ0n) is 6.99.